The SMILES string of the molecule is Cc1ccccc1NCC(=O)N/N=C/c1cccs1. The predicted molar refractivity (Wildman–Crippen MR) is 79.7 cm³/mol. The first-order valence-corrected chi connectivity index (χ1v) is 6.78. The molecule has 1 amide bonds. The van der Waals surface area contributed by atoms with Crippen molar-refractivity contribution >= 4 is 29.1 Å². The van der Waals surface area contributed by atoms with Gasteiger partial charge in [-0.3, -0.25) is 4.79 Å². The number of carbonyl (C=O) groups excluding carboxylic acids is 1. The molecule has 2 N–H and O–H groups in total. The molecule has 2 aromatic rings. The van der Waals surface area contributed by atoms with E-state index in [0.29, 0.717) is 0 Å². The van der Waals surface area contributed by atoms with E-state index >= 15 is 0 Å². The molecule has 1 heterocycles. The topological polar surface area (TPSA) is 53.5 Å². The number of carbonyl (C=O) groups is 1. The molecule has 98 valence electrons. The molecule has 0 saturated heterocycles. The molecule has 0 fully saturated rings. The number of para-hydroxylation sites is 1. The normalized spacial score (nSPS) is 10.6. The van der Waals surface area contributed by atoms with Crippen LogP contribution in [0.3, 0.4) is 0 Å². The predicted octanol–water partition coefficient (Wildman–Crippen LogP) is 2.62. The van der Waals surface area contributed by atoms with Crippen molar-refractivity contribution < 1.29 is 4.79 Å². The Morgan fingerprint density at radius 2 is 2.16 bits per heavy atom. The van der Waals surface area contributed by atoms with Crippen molar-refractivity contribution in [3.05, 3.63) is 52.2 Å². The van der Waals surface area contributed by atoms with Crippen LogP contribution in [0.2, 0.25) is 0 Å². The van der Waals surface area contributed by atoms with Gasteiger partial charge in [-0.25, -0.2) is 5.43 Å². The highest BCUT2D eigenvalue weighted by atomic mass is 32.1. The van der Waals surface area contributed by atoms with Crippen molar-refractivity contribution in [2.24, 2.45) is 5.10 Å². The highest BCUT2D eigenvalue weighted by Gasteiger charge is 2.00. The van der Waals surface area contributed by atoms with E-state index in [1.54, 1.807) is 17.6 Å². The van der Waals surface area contributed by atoms with Crippen LogP contribution in [-0.2, 0) is 4.79 Å². The highest BCUT2D eigenvalue weighted by molar-refractivity contribution is 7.11. The third kappa shape index (κ3) is 4.22. The molecule has 0 spiro atoms. The molecule has 0 saturated carbocycles. The first-order chi connectivity index (χ1) is 9.25. The van der Waals surface area contributed by atoms with Crippen LogP contribution in [0.5, 0.6) is 0 Å². The number of rotatable bonds is 5. The number of amides is 1. The van der Waals surface area contributed by atoms with Crippen molar-refractivity contribution in [1.82, 2.24) is 5.43 Å². The van der Waals surface area contributed by atoms with E-state index in [9.17, 15) is 4.79 Å². The van der Waals surface area contributed by atoms with Crippen LogP contribution in [0.4, 0.5) is 5.69 Å². The van der Waals surface area contributed by atoms with E-state index in [-0.39, 0.29) is 12.5 Å². The zero-order chi connectivity index (χ0) is 13.5. The number of hydrogen-bond donors (Lipinski definition) is 2. The number of nitrogens with one attached hydrogen (secondary N) is 2. The molecule has 1 aromatic carbocycles. The second-order valence-electron chi connectivity index (χ2n) is 3.98. The van der Waals surface area contributed by atoms with E-state index in [4.69, 9.17) is 0 Å². The number of anilines is 1. The Labute approximate surface area is 116 Å². The largest absolute Gasteiger partial charge is 0.376 e. The number of nitrogens with zero attached hydrogens (tertiary/aromatic N) is 1. The molecule has 0 radical (unpaired) electrons. The second-order valence-corrected chi connectivity index (χ2v) is 4.96. The highest BCUT2D eigenvalue weighted by Crippen LogP contribution is 2.12. The first kappa shape index (κ1) is 13.3. The van der Waals surface area contributed by atoms with Gasteiger partial charge in [-0.1, -0.05) is 24.3 Å². The van der Waals surface area contributed by atoms with Crippen LogP contribution in [0.15, 0.2) is 46.9 Å². The van der Waals surface area contributed by atoms with E-state index in [0.717, 1.165) is 16.1 Å². The summed E-state index contributed by atoms with van der Waals surface area (Å²) in [5, 5.41) is 8.93. The van der Waals surface area contributed by atoms with Crippen LogP contribution in [0, 0.1) is 6.92 Å². The summed E-state index contributed by atoms with van der Waals surface area (Å²) in [7, 11) is 0. The average molecular weight is 273 g/mol. The average Bonchev–Trinajstić information content (AvgIpc) is 2.91. The van der Waals surface area contributed by atoms with Gasteiger partial charge in [0, 0.05) is 10.6 Å². The van der Waals surface area contributed by atoms with Crippen LogP contribution in [0.1, 0.15) is 10.4 Å². The maximum atomic E-state index is 11.6. The lowest BCUT2D eigenvalue weighted by Crippen LogP contribution is -2.26. The van der Waals surface area contributed by atoms with Crippen LogP contribution >= 0.6 is 11.3 Å². The number of thiophene rings is 1. The fraction of sp³-hybridized carbons (Fsp3) is 0.143. The van der Waals surface area contributed by atoms with Gasteiger partial charge in [-0.05, 0) is 30.0 Å². The molecule has 5 heteroatoms. The standard InChI is InChI=1S/C14H15N3OS/c1-11-5-2-3-7-13(11)15-10-14(18)17-16-9-12-6-4-8-19-12/h2-9,15H,10H2,1H3,(H,17,18)/b16-9+. The van der Waals surface area contributed by atoms with Gasteiger partial charge in [-0.2, -0.15) is 5.10 Å². The second kappa shape index (κ2) is 6.70. The summed E-state index contributed by atoms with van der Waals surface area (Å²) < 4.78 is 0. The quantitative estimate of drug-likeness (QED) is 0.650. The smallest absolute Gasteiger partial charge is 0.259 e. The number of hydrogen-bond acceptors (Lipinski definition) is 4. The Hall–Kier alpha value is -2.14. The third-order valence-electron chi connectivity index (χ3n) is 2.51. The van der Waals surface area contributed by atoms with Gasteiger partial charge in [0.05, 0.1) is 12.8 Å². The van der Waals surface area contributed by atoms with E-state index in [1.807, 2.05) is 48.7 Å². The van der Waals surface area contributed by atoms with Crippen molar-refractivity contribution in [3.63, 3.8) is 0 Å². The molecule has 19 heavy (non-hydrogen) atoms. The van der Waals surface area contributed by atoms with Gasteiger partial charge >= 0.3 is 0 Å². The minimum atomic E-state index is -0.170. The van der Waals surface area contributed by atoms with E-state index < -0.39 is 0 Å². The molecule has 0 aliphatic heterocycles. The summed E-state index contributed by atoms with van der Waals surface area (Å²) in [5.74, 6) is -0.170. The van der Waals surface area contributed by atoms with Gasteiger partial charge in [-0.15, -0.1) is 11.3 Å². The van der Waals surface area contributed by atoms with Gasteiger partial charge in [0.1, 0.15) is 0 Å². The Morgan fingerprint density at radius 3 is 2.89 bits per heavy atom. The molecule has 4 nitrogen and oxygen atoms in total. The molecule has 2 rings (SSSR count). The fourth-order valence-corrected chi connectivity index (χ4v) is 2.10. The Bertz CT molecular complexity index is 564. The van der Waals surface area contributed by atoms with Gasteiger partial charge in [0.25, 0.3) is 5.91 Å². The molecular weight excluding hydrogens is 258 g/mol. The van der Waals surface area contributed by atoms with Crippen LogP contribution < -0.4 is 10.7 Å². The van der Waals surface area contributed by atoms with Crippen LogP contribution in [-0.4, -0.2) is 18.7 Å². The molecule has 1 aromatic heterocycles. The van der Waals surface area contributed by atoms with Crippen LogP contribution in [0.25, 0.3) is 0 Å². The van der Waals surface area contributed by atoms with Crippen molar-refractivity contribution in [2.45, 2.75) is 6.92 Å². The fourth-order valence-electron chi connectivity index (χ4n) is 1.52. The van der Waals surface area contributed by atoms with Gasteiger partial charge in [0.15, 0.2) is 0 Å². The van der Waals surface area contributed by atoms with E-state index in [1.165, 1.54) is 0 Å². The third-order valence-corrected chi connectivity index (χ3v) is 3.32. The lowest BCUT2D eigenvalue weighted by atomic mass is 10.2. The van der Waals surface area contributed by atoms with E-state index in [2.05, 4.69) is 15.8 Å². The van der Waals surface area contributed by atoms with Gasteiger partial charge in [0.2, 0.25) is 0 Å². The lowest BCUT2D eigenvalue weighted by Gasteiger charge is -2.07. The maximum absolute atomic E-state index is 11.6. The molecule has 0 unspecified atom stereocenters. The molecule has 0 aliphatic rings. The molecule has 0 aliphatic carbocycles. The number of hydrazone groups is 1. The summed E-state index contributed by atoms with van der Waals surface area (Å²) >= 11 is 1.57. The maximum Gasteiger partial charge on any atom is 0.259 e. The van der Waals surface area contributed by atoms with Gasteiger partial charge < -0.3 is 5.32 Å². The molecular formula is C14H15N3OS. The Kier molecular flexibility index (Phi) is 4.69. The number of aryl methyl sites for hydroxylation is 1. The molecule has 0 bridgehead atoms. The lowest BCUT2D eigenvalue weighted by molar-refractivity contribution is -0.119. The zero-order valence-electron chi connectivity index (χ0n) is 10.6. The van der Waals surface area contributed by atoms with Crippen molar-refractivity contribution in [3.8, 4) is 0 Å². The zero-order valence-corrected chi connectivity index (χ0v) is 11.4. The summed E-state index contributed by atoms with van der Waals surface area (Å²) in [6.45, 7) is 2.20. The first-order valence-electron chi connectivity index (χ1n) is 5.90. The Balaban J connectivity index is 1.78. The summed E-state index contributed by atoms with van der Waals surface area (Å²) in [4.78, 5) is 12.6. The molecule has 0 atom stereocenters. The minimum Gasteiger partial charge on any atom is -0.376 e. The summed E-state index contributed by atoms with van der Waals surface area (Å²) in [6, 6.07) is 11.7. The minimum absolute atomic E-state index is 0.170. The van der Waals surface area contributed by atoms with Crippen molar-refractivity contribution in [2.75, 3.05) is 11.9 Å². The monoisotopic (exact) mass is 273 g/mol. The summed E-state index contributed by atoms with van der Waals surface area (Å²) in [6.07, 6.45) is 1.64. The Morgan fingerprint density at radius 1 is 1.32 bits per heavy atom. The van der Waals surface area contributed by atoms with Crippen molar-refractivity contribution in [1.29, 1.82) is 0 Å². The summed E-state index contributed by atoms with van der Waals surface area (Å²) in [5.41, 5.74) is 4.55. The number of benzene rings is 1.